The van der Waals surface area contributed by atoms with Crippen molar-refractivity contribution in [3.05, 3.63) is 57.6 Å². The lowest BCUT2D eigenvalue weighted by molar-refractivity contribution is -0.228. The van der Waals surface area contributed by atoms with Gasteiger partial charge in [-0.05, 0) is 95.6 Å². The number of aryl methyl sites for hydroxylation is 2. The third-order valence-corrected chi connectivity index (χ3v) is 11.0. The van der Waals surface area contributed by atoms with Gasteiger partial charge in [-0.3, -0.25) is 9.69 Å². The van der Waals surface area contributed by atoms with Crippen molar-refractivity contribution in [3.8, 4) is 11.5 Å². The van der Waals surface area contributed by atoms with Crippen LogP contribution in [0.2, 0.25) is 0 Å². The Balaban J connectivity index is 1.75. The number of esters is 1. The molecule has 7 heteroatoms. The molecule has 0 aromatic heterocycles. The van der Waals surface area contributed by atoms with Gasteiger partial charge in [0.2, 0.25) is 0 Å². The van der Waals surface area contributed by atoms with E-state index >= 15 is 0 Å². The summed E-state index contributed by atoms with van der Waals surface area (Å²) in [5, 5.41) is 34.3. The summed E-state index contributed by atoms with van der Waals surface area (Å²) in [7, 11) is 1.56. The van der Waals surface area contributed by atoms with Crippen LogP contribution in [-0.2, 0) is 48.8 Å². The summed E-state index contributed by atoms with van der Waals surface area (Å²) in [6.07, 6.45) is 2.76. The number of phenolic OH excluding ortho intramolecular Hbond substituents is 2. The van der Waals surface area contributed by atoms with Gasteiger partial charge in [-0.1, -0.05) is 107 Å². The Bertz CT molecular complexity index is 1490. The lowest BCUT2D eigenvalue weighted by Crippen LogP contribution is -2.65. The molecule has 3 N–H and O–H groups in total. The van der Waals surface area contributed by atoms with Gasteiger partial charge in [-0.2, -0.15) is 0 Å². The molecule has 1 saturated heterocycles. The topological polar surface area (TPSA) is 99.5 Å². The van der Waals surface area contributed by atoms with E-state index in [1.165, 1.54) is 0 Å². The first-order valence-electron chi connectivity index (χ1n) is 19.3. The highest BCUT2D eigenvalue weighted by atomic mass is 16.6. The maximum atomic E-state index is 13.3. The second-order valence-corrected chi connectivity index (χ2v) is 21.0. The first-order chi connectivity index (χ1) is 23.3. The van der Waals surface area contributed by atoms with E-state index in [2.05, 4.69) is 128 Å². The fraction of sp³-hybridized carbons (Fsp3) is 0.711. The van der Waals surface area contributed by atoms with Crippen molar-refractivity contribution in [2.24, 2.45) is 0 Å². The molecule has 0 spiro atoms. The number of nitrogens with zero attached hydrogens (tertiary/aromatic N) is 1. The van der Waals surface area contributed by atoms with Crippen LogP contribution in [0.25, 0.3) is 0 Å². The summed E-state index contributed by atoms with van der Waals surface area (Å²) in [5.41, 5.74) is 3.93. The van der Waals surface area contributed by atoms with Crippen LogP contribution in [0.1, 0.15) is 170 Å². The number of ether oxygens (including phenoxy) is 2. The standard InChI is InChI=1S/C45H73NO6/c1-39(2,3)32-22-29(23-33(37(32)48)40(4,5)6)18-19-36(47)52-31-26-43(13,14)46(44(15,16)27-31)28-45(50,51-17)21-20-30-24-34(41(7,8)9)38(49)35(25-30)42(10,11)12/h22-25,31,48-50H,18-21,26-28H2,1-17H3. The van der Waals surface area contributed by atoms with Crippen LogP contribution in [-0.4, -0.2) is 62.8 Å². The fourth-order valence-electron chi connectivity index (χ4n) is 8.03. The number of likely N-dealkylation sites (tertiary alicyclic amines) is 1. The molecule has 1 atom stereocenters. The quantitative estimate of drug-likeness (QED) is 0.166. The Morgan fingerprint density at radius 2 is 1.04 bits per heavy atom. The predicted octanol–water partition coefficient (Wildman–Crippen LogP) is 9.75. The minimum Gasteiger partial charge on any atom is -0.507 e. The zero-order valence-electron chi connectivity index (χ0n) is 35.9. The van der Waals surface area contributed by atoms with Crippen LogP contribution in [0.5, 0.6) is 11.5 Å². The average Bonchev–Trinajstić information content (AvgIpc) is 2.95. The molecule has 2 aromatic rings. The number of benzene rings is 2. The second kappa shape index (κ2) is 14.9. The van der Waals surface area contributed by atoms with Gasteiger partial charge in [0.25, 0.3) is 0 Å². The van der Waals surface area contributed by atoms with Crippen LogP contribution in [0.15, 0.2) is 24.3 Å². The van der Waals surface area contributed by atoms with Crippen molar-refractivity contribution < 1.29 is 29.6 Å². The molecule has 0 amide bonds. The summed E-state index contributed by atoms with van der Waals surface area (Å²) in [4.78, 5) is 15.7. The molecule has 1 aliphatic heterocycles. The van der Waals surface area contributed by atoms with E-state index in [-0.39, 0.29) is 40.2 Å². The van der Waals surface area contributed by atoms with Crippen molar-refractivity contribution in [2.45, 2.75) is 194 Å². The third-order valence-electron chi connectivity index (χ3n) is 11.0. The number of rotatable bonds is 10. The molecule has 0 radical (unpaired) electrons. The van der Waals surface area contributed by atoms with Crippen LogP contribution in [0.3, 0.4) is 0 Å². The van der Waals surface area contributed by atoms with E-state index in [0.717, 1.165) is 33.4 Å². The highest BCUT2D eigenvalue weighted by Gasteiger charge is 2.49. The smallest absolute Gasteiger partial charge is 0.306 e. The van der Waals surface area contributed by atoms with Crippen LogP contribution in [0, 0.1) is 0 Å². The van der Waals surface area contributed by atoms with Crippen molar-refractivity contribution in [3.63, 3.8) is 0 Å². The molecule has 52 heavy (non-hydrogen) atoms. The Labute approximate surface area is 316 Å². The van der Waals surface area contributed by atoms with E-state index in [1.54, 1.807) is 7.11 Å². The Morgan fingerprint density at radius 3 is 1.37 bits per heavy atom. The average molecular weight is 724 g/mol. The first kappa shape index (κ1) is 43.8. The second-order valence-electron chi connectivity index (χ2n) is 21.0. The molecule has 1 unspecified atom stereocenters. The highest BCUT2D eigenvalue weighted by molar-refractivity contribution is 5.70. The molecule has 294 valence electrons. The molecule has 1 fully saturated rings. The number of hydrogen-bond acceptors (Lipinski definition) is 7. The molecule has 7 nitrogen and oxygen atoms in total. The van der Waals surface area contributed by atoms with Gasteiger partial charge < -0.3 is 24.8 Å². The molecule has 3 rings (SSSR count). The lowest BCUT2D eigenvalue weighted by Gasteiger charge is -2.56. The highest BCUT2D eigenvalue weighted by Crippen LogP contribution is 2.44. The number of carbonyl (C=O) groups is 1. The van der Waals surface area contributed by atoms with E-state index < -0.39 is 16.9 Å². The summed E-state index contributed by atoms with van der Waals surface area (Å²) >= 11 is 0. The monoisotopic (exact) mass is 724 g/mol. The molecular formula is C45H73NO6. The number of β-amino-alcohol motifs (C(OH)–C–C–N with tert-alkyl or cyclic N) is 1. The lowest BCUT2D eigenvalue weighted by atomic mass is 9.77. The number of carbonyl (C=O) groups excluding carboxylic acids is 1. The summed E-state index contributed by atoms with van der Waals surface area (Å²) in [6, 6.07) is 8.22. The molecule has 0 saturated carbocycles. The molecule has 1 aliphatic rings. The van der Waals surface area contributed by atoms with Crippen LogP contribution in [0.4, 0.5) is 0 Å². The van der Waals surface area contributed by atoms with Crippen molar-refractivity contribution in [2.75, 3.05) is 13.7 Å². The summed E-state index contributed by atoms with van der Waals surface area (Å²) < 4.78 is 12.0. The van der Waals surface area contributed by atoms with Crippen molar-refractivity contribution >= 4 is 5.97 Å². The predicted molar refractivity (Wildman–Crippen MR) is 214 cm³/mol. The number of phenols is 2. The van der Waals surface area contributed by atoms with E-state index in [4.69, 9.17) is 9.47 Å². The van der Waals surface area contributed by atoms with Gasteiger partial charge in [0.05, 0.1) is 6.54 Å². The maximum absolute atomic E-state index is 13.3. The van der Waals surface area contributed by atoms with Gasteiger partial charge in [-0.25, -0.2) is 0 Å². The van der Waals surface area contributed by atoms with E-state index in [9.17, 15) is 20.1 Å². The molecule has 1 heterocycles. The Hall–Kier alpha value is -2.61. The molecule has 2 aromatic carbocycles. The molecule has 0 aliphatic carbocycles. The van der Waals surface area contributed by atoms with Gasteiger partial charge in [0.1, 0.15) is 17.6 Å². The first-order valence-corrected chi connectivity index (χ1v) is 19.3. The Kier molecular flexibility index (Phi) is 12.6. The van der Waals surface area contributed by atoms with Crippen LogP contribution < -0.4 is 0 Å². The maximum Gasteiger partial charge on any atom is 0.306 e. The number of aliphatic hydroxyl groups is 1. The third kappa shape index (κ3) is 10.5. The Morgan fingerprint density at radius 1 is 0.692 bits per heavy atom. The fourth-order valence-corrected chi connectivity index (χ4v) is 8.03. The van der Waals surface area contributed by atoms with E-state index in [1.807, 2.05) is 12.1 Å². The minimum absolute atomic E-state index is 0.223. The largest absolute Gasteiger partial charge is 0.507 e. The van der Waals surface area contributed by atoms with Gasteiger partial charge in [0, 0.05) is 43.9 Å². The van der Waals surface area contributed by atoms with Gasteiger partial charge in [0.15, 0.2) is 5.79 Å². The summed E-state index contributed by atoms with van der Waals surface area (Å²) in [6.45, 7) is 34.1. The number of methoxy groups -OCH3 is 1. The van der Waals surface area contributed by atoms with Crippen LogP contribution >= 0.6 is 0 Å². The number of hydrogen-bond donors (Lipinski definition) is 3. The normalized spacial score (nSPS) is 18.7. The minimum atomic E-state index is -1.42. The zero-order valence-corrected chi connectivity index (χ0v) is 35.9. The number of aromatic hydroxyl groups is 2. The van der Waals surface area contributed by atoms with Gasteiger partial charge in [-0.15, -0.1) is 0 Å². The summed E-state index contributed by atoms with van der Waals surface area (Å²) in [5.74, 6) is -0.948. The molecule has 0 bridgehead atoms. The molecular weight excluding hydrogens is 650 g/mol. The zero-order chi connectivity index (χ0) is 40.0. The van der Waals surface area contributed by atoms with Crippen molar-refractivity contribution in [1.29, 1.82) is 0 Å². The van der Waals surface area contributed by atoms with Gasteiger partial charge >= 0.3 is 5.97 Å². The van der Waals surface area contributed by atoms with Crippen molar-refractivity contribution in [1.82, 2.24) is 4.90 Å². The van der Waals surface area contributed by atoms with E-state index in [0.29, 0.717) is 50.1 Å². The number of piperidine rings is 1. The SMILES string of the molecule is COC(O)(CCc1cc(C(C)(C)C)c(O)c(C(C)(C)C)c1)CN1C(C)(C)CC(OC(=O)CCc2cc(C(C)(C)C)c(O)c(C(C)(C)C)c2)CC1(C)C.